The molecule has 15 heavy (non-hydrogen) atoms. The molecule has 0 saturated heterocycles. The normalized spacial score (nSPS) is 11.8. The van der Waals surface area contributed by atoms with Crippen molar-refractivity contribution in [1.82, 2.24) is 0 Å². The second-order valence-corrected chi connectivity index (χ2v) is 4.54. The van der Waals surface area contributed by atoms with Crippen molar-refractivity contribution in [2.75, 3.05) is 0 Å². The summed E-state index contributed by atoms with van der Waals surface area (Å²) in [4.78, 5) is 0. The van der Waals surface area contributed by atoms with Gasteiger partial charge in [0.25, 0.3) is 6.43 Å². The molecule has 0 aromatic heterocycles. The predicted molar refractivity (Wildman–Crippen MR) is 59.6 cm³/mol. The first-order chi connectivity index (χ1) is 6.91. The van der Waals surface area contributed by atoms with Crippen LogP contribution < -0.4 is 0 Å². The maximum atomic E-state index is 12.7. The molecule has 0 heterocycles. The number of benzene rings is 1. The van der Waals surface area contributed by atoms with E-state index in [4.69, 9.17) is 0 Å². The maximum absolute atomic E-state index is 12.7. The van der Waals surface area contributed by atoms with Gasteiger partial charge in [-0.15, -0.1) is 0 Å². The molecule has 1 aromatic rings. The largest absolute Gasteiger partial charge is 0.263 e. The van der Waals surface area contributed by atoms with Crippen molar-refractivity contribution < 1.29 is 8.78 Å². The minimum absolute atomic E-state index is 0.143. The van der Waals surface area contributed by atoms with E-state index in [2.05, 4.69) is 0 Å². The molecular weight excluding hydrogens is 194 g/mol. The fourth-order valence-corrected chi connectivity index (χ4v) is 1.50. The van der Waals surface area contributed by atoms with E-state index in [0.717, 1.165) is 11.1 Å². The van der Waals surface area contributed by atoms with Crippen LogP contribution in [-0.2, 0) is 0 Å². The van der Waals surface area contributed by atoms with E-state index >= 15 is 0 Å². The topological polar surface area (TPSA) is 0 Å². The van der Waals surface area contributed by atoms with E-state index in [-0.39, 0.29) is 5.56 Å². The van der Waals surface area contributed by atoms with Gasteiger partial charge >= 0.3 is 0 Å². The Hall–Kier alpha value is -0.920. The fraction of sp³-hybridized carbons (Fsp3) is 0.538. The van der Waals surface area contributed by atoms with Crippen molar-refractivity contribution in [2.24, 2.45) is 0 Å². The van der Waals surface area contributed by atoms with Crippen LogP contribution in [0.2, 0.25) is 0 Å². The van der Waals surface area contributed by atoms with Gasteiger partial charge in [-0.1, -0.05) is 33.8 Å². The molecule has 2 heteroatoms. The van der Waals surface area contributed by atoms with Gasteiger partial charge in [0.2, 0.25) is 0 Å². The monoisotopic (exact) mass is 212 g/mol. The summed E-state index contributed by atoms with van der Waals surface area (Å²) in [5, 5.41) is 0. The lowest BCUT2D eigenvalue weighted by Gasteiger charge is -2.13. The first-order valence-electron chi connectivity index (χ1n) is 5.34. The third kappa shape index (κ3) is 3.01. The Labute approximate surface area is 90.3 Å². The molecular formula is C13H18F2. The lowest BCUT2D eigenvalue weighted by atomic mass is 9.93. The van der Waals surface area contributed by atoms with Gasteiger partial charge in [0.05, 0.1) is 0 Å². The zero-order chi connectivity index (χ0) is 11.6. The first-order valence-corrected chi connectivity index (χ1v) is 5.34. The number of halogens is 2. The molecule has 0 aliphatic rings. The van der Waals surface area contributed by atoms with Gasteiger partial charge in [0.15, 0.2) is 0 Å². The highest BCUT2D eigenvalue weighted by Crippen LogP contribution is 2.28. The number of hydrogen-bond acceptors (Lipinski definition) is 0. The van der Waals surface area contributed by atoms with Crippen LogP contribution in [0.25, 0.3) is 0 Å². The zero-order valence-corrected chi connectivity index (χ0v) is 9.72. The van der Waals surface area contributed by atoms with Crippen molar-refractivity contribution in [3.8, 4) is 0 Å². The highest BCUT2D eigenvalue weighted by atomic mass is 19.3. The van der Waals surface area contributed by atoms with Crippen LogP contribution in [0.15, 0.2) is 18.2 Å². The van der Waals surface area contributed by atoms with Gasteiger partial charge in [-0.05, 0) is 35.1 Å². The van der Waals surface area contributed by atoms with Gasteiger partial charge in [-0.2, -0.15) is 0 Å². The van der Waals surface area contributed by atoms with Gasteiger partial charge < -0.3 is 0 Å². The summed E-state index contributed by atoms with van der Waals surface area (Å²) in [6.07, 6.45) is -2.37. The molecule has 0 nitrogen and oxygen atoms in total. The van der Waals surface area contributed by atoms with Crippen LogP contribution in [0, 0.1) is 0 Å². The number of rotatable bonds is 3. The van der Waals surface area contributed by atoms with Crippen LogP contribution >= 0.6 is 0 Å². The second-order valence-electron chi connectivity index (χ2n) is 4.54. The summed E-state index contributed by atoms with van der Waals surface area (Å²) in [6.45, 7) is 8.09. The Kier molecular flexibility index (Phi) is 3.83. The van der Waals surface area contributed by atoms with E-state index in [9.17, 15) is 8.78 Å². The molecule has 0 amide bonds. The molecule has 84 valence electrons. The summed E-state index contributed by atoms with van der Waals surface area (Å²) in [6, 6.07) is 5.25. The molecule has 0 aliphatic heterocycles. The van der Waals surface area contributed by atoms with Gasteiger partial charge in [0.1, 0.15) is 0 Å². The third-order valence-corrected chi connectivity index (χ3v) is 2.59. The second kappa shape index (κ2) is 4.73. The molecule has 0 unspecified atom stereocenters. The minimum Gasteiger partial charge on any atom is -0.205 e. The van der Waals surface area contributed by atoms with E-state index in [1.54, 1.807) is 12.1 Å². The Balaban J connectivity index is 3.20. The van der Waals surface area contributed by atoms with Crippen molar-refractivity contribution in [1.29, 1.82) is 0 Å². The average molecular weight is 212 g/mol. The van der Waals surface area contributed by atoms with Crippen molar-refractivity contribution in [3.63, 3.8) is 0 Å². The molecule has 0 saturated carbocycles. The van der Waals surface area contributed by atoms with E-state index in [1.165, 1.54) is 0 Å². The quantitative estimate of drug-likeness (QED) is 0.670. The SMILES string of the molecule is CC(C)c1cc(C(C)C)cc(C(F)F)c1. The number of alkyl halides is 2. The van der Waals surface area contributed by atoms with Crippen LogP contribution in [0.1, 0.15) is 62.6 Å². The summed E-state index contributed by atoms with van der Waals surface area (Å²) < 4.78 is 25.3. The molecule has 1 aromatic carbocycles. The van der Waals surface area contributed by atoms with E-state index in [0.29, 0.717) is 11.8 Å². The minimum atomic E-state index is -2.37. The van der Waals surface area contributed by atoms with Crippen molar-refractivity contribution >= 4 is 0 Å². The summed E-state index contributed by atoms with van der Waals surface area (Å²) >= 11 is 0. The smallest absolute Gasteiger partial charge is 0.205 e. The van der Waals surface area contributed by atoms with Crippen LogP contribution in [-0.4, -0.2) is 0 Å². The Morgan fingerprint density at radius 2 is 1.07 bits per heavy atom. The van der Waals surface area contributed by atoms with Gasteiger partial charge in [-0.25, -0.2) is 8.78 Å². The molecule has 1 rings (SSSR count). The molecule has 0 fully saturated rings. The highest BCUT2D eigenvalue weighted by Gasteiger charge is 2.12. The summed E-state index contributed by atoms with van der Waals surface area (Å²) in [7, 11) is 0. The number of hydrogen-bond donors (Lipinski definition) is 0. The van der Waals surface area contributed by atoms with Crippen LogP contribution in [0.5, 0.6) is 0 Å². The molecule has 0 aliphatic carbocycles. The summed E-state index contributed by atoms with van der Waals surface area (Å²) in [5.41, 5.74) is 2.14. The average Bonchev–Trinajstić information content (AvgIpc) is 2.16. The van der Waals surface area contributed by atoms with E-state index < -0.39 is 6.43 Å². The maximum Gasteiger partial charge on any atom is 0.263 e. The standard InChI is InChI=1S/C13H18F2/c1-8(2)10-5-11(9(3)4)7-12(6-10)13(14)15/h5-9,13H,1-4H3. The van der Waals surface area contributed by atoms with Crippen molar-refractivity contribution in [3.05, 3.63) is 34.9 Å². The Bertz CT molecular complexity index is 263. The molecule has 0 spiro atoms. The fourth-order valence-electron chi connectivity index (χ4n) is 1.50. The molecule has 0 atom stereocenters. The highest BCUT2D eigenvalue weighted by molar-refractivity contribution is 5.34. The predicted octanol–water partition coefficient (Wildman–Crippen LogP) is 4.87. The molecule has 0 radical (unpaired) electrons. The van der Waals surface area contributed by atoms with Crippen LogP contribution in [0.3, 0.4) is 0 Å². The van der Waals surface area contributed by atoms with Gasteiger partial charge in [-0.3, -0.25) is 0 Å². The lowest BCUT2D eigenvalue weighted by Crippen LogP contribution is -1.97. The Morgan fingerprint density at radius 1 is 0.733 bits per heavy atom. The Morgan fingerprint density at radius 3 is 1.33 bits per heavy atom. The first kappa shape index (κ1) is 12.2. The van der Waals surface area contributed by atoms with E-state index in [1.807, 2.05) is 33.8 Å². The van der Waals surface area contributed by atoms with Crippen molar-refractivity contribution in [2.45, 2.75) is 46.0 Å². The van der Waals surface area contributed by atoms with Crippen LogP contribution in [0.4, 0.5) is 8.78 Å². The molecule has 0 N–H and O–H groups in total. The summed E-state index contributed by atoms with van der Waals surface area (Å²) in [5.74, 6) is 0.586. The van der Waals surface area contributed by atoms with Gasteiger partial charge in [0, 0.05) is 5.56 Å². The molecule has 0 bridgehead atoms. The third-order valence-electron chi connectivity index (χ3n) is 2.59. The lowest BCUT2D eigenvalue weighted by molar-refractivity contribution is 0.151. The zero-order valence-electron chi connectivity index (χ0n) is 9.72.